The van der Waals surface area contributed by atoms with Crippen LogP contribution in [0.1, 0.15) is 54.9 Å². The highest BCUT2D eigenvalue weighted by atomic mass is 35.5. The molecule has 0 saturated heterocycles. The van der Waals surface area contributed by atoms with E-state index in [9.17, 15) is 110 Å². The number of halogens is 25. The summed E-state index contributed by atoms with van der Waals surface area (Å²) in [7, 11) is 0.166. The molecule has 0 saturated carbocycles. The molecular weight excluding hydrogens is 1050 g/mol. The van der Waals surface area contributed by atoms with E-state index in [1.54, 1.807) is 24.3 Å². The van der Waals surface area contributed by atoms with E-state index in [1.807, 2.05) is 0 Å². The van der Waals surface area contributed by atoms with Gasteiger partial charge in [-0.25, -0.2) is 0 Å². The van der Waals surface area contributed by atoms with Crippen LogP contribution in [-0.2, 0) is 60.3 Å². The monoisotopic (exact) mass is 1080 g/mol. The number of Topliss-reactive ketones (excluding diaryl/α,β-unsaturated/α-hetero) is 1. The molecule has 0 fully saturated rings. The molecule has 0 N–H and O–H groups in total. The summed E-state index contributed by atoms with van der Waals surface area (Å²) >= 11 is 5.71. The van der Waals surface area contributed by atoms with Crippen molar-refractivity contribution in [2.24, 2.45) is 0 Å². The summed E-state index contributed by atoms with van der Waals surface area (Å²) in [5, 5.41) is 0.670. The minimum atomic E-state index is -6.13. The Morgan fingerprint density at radius 2 is 0.557 bits per heavy atom. The van der Waals surface area contributed by atoms with Crippen molar-refractivity contribution in [2.45, 2.75) is 49.4 Å². The van der Waals surface area contributed by atoms with Crippen molar-refractivity contribution in [1.29, 1.82) is 0 Å². The summed E-state index contributed by atoms with van der Waals surface area (Å²) < 4.78 is 341. The molecule has 0 aliphatic heterocycles. The zero-order chi connectivity index (χ0) is 53.8. The highest BCUT2D eigenvalue weighted by Gasteiger charge is 2.47. The van der Waals surface area contributed by atoms with Crippen LogP contribution in [0.15, 0.2) is 97.1 Å². The summed E-state index contributed by atoms with van der Waals surface area (Å²) in [5.74, 6) is 0.826. The third-order valence-electron chi connectivity index (χ3n) is 10.0. The first-order valence-electron chi connectivity index (χ1n) is 18.5. The van der Waals surface area contributed by atoms with Crippen molar-refractivity contribution in [1.82, 2.24) is 0 Å². The van der Waals surface area contributed by atoms with Gasteiger partial charge in [-0.2, -0.15) is 127 Å². The molecule has 0 amide bonds. The highest BCUT2D eigenvalue weighted by molar-refractivity contribution is 7.96. The molecule has 1 nitrogen and oxygen atoms in total. The Balaban J connectivity index is 0.000000707. The van der Waals surface area contributed by atoms with Crippen molar-refractivity contribution < 1.29 is 110 Å². The predicted molar refractivity (Wildman–Crippen MR) is 210 cm³/mol. The number of rotatable bonds is 7. The molecule has 0 heterocycles. The summed E-state index contributed by atoms with van der Waals surface area (Å²) in [6, 6.07) is -1.76. The Bertz CT molecular complexity index is 2250. The van der Waals surface area contributed by atoms with E-state index in [2.05, 4.69) is 12.5 Å². The molecule has 5 aromatic carbocycles. The predicted octanol–water partition coefficient (Wildman–Crippen LogP) is 13.6. The van der Waals surface area contributed by atoms with Gasteiger partial charge in [0.2, 0.25) is 5.78 Å². The van der Waals surface area contributed by atoms with Gasteiger partial charge < -0.3 is 0 Å². The molecular formula is C42H24BClF24OS. The fourth-order valence-electron chi connectivity index (χ4n) is 7.05. The molecule has 0 aromatic heterocycles. The second-order valence-electron chi connectivity index (χ2n) is 15.3. The second-order valence-corrected chi connectivity index (χ2v) is 18.0. The quantitative estimate of drug-likeness (QED) is 0.0687. The minimum absolute atomic E-state index is 0.166. The molecule has 5 rings (SSSR count). The van der Waals surface area contributed by atoms with Crippen LogP contribution in [0.25, 0.3) is 0 Å². The van der Waals surface area contributed by atoms with Gasteiger partial charge in [0.25, 0.3) is 0 Å². The molecule has 5 aromatic rings. The van der Waals surface area contributed by atoms with Gasteiger partial charge >= 0.3 is 49.4 Å². The minimum Gasteiger partial charge on any atom is -0.289 e. The maximum absolute atomic E-state index is 14.2. The van der Waals surface area contributed by atoms with Gasteiger partial charge in [0, 0.05) is 10.6 Å². The number of carbonyl (C=O) groups excluding carboxylic acids is 1. The molecule has 0 radical (unpaired) electrons. The molecule has 0 aliphatic rings. The van der Waals surface area contributed by atoms with Crippen LogP contribution < -0.4 is 21.9 Å². The van der Waals surface area contributed by atoms with Gasteiger partial charge in [0.1, 0.15) is 6.15 Å². The van der Waals surface area contributed by atoms with Gasteiger partial charge in [-0.3, -0.25) is 4.79 Å². The summed E-state index contributed by atoms with van der Waals surface area (Å²) in [5.41, 5.74) is -29.4. The number of carbonyl (C=O) groups is 1. The fourth-order valence-corrected chi connectivity index (χ4v) is 7.87. The lowest BCUT2D eigenvalue weighted by Crippen LogP contribution is -2.75. The first-order valence-corrected chi connectivity index (χ1v) is 21.1. The van der Waals surface area contributed by atoms with Crippen molar-refractivity contribution in [3.63, 3.8) is 0 Å². The van der Waals surface area contributed by atoms with Crippen LogP contribution in [0.3, 0.4) is 0 Å². The first kappa shape index (κ1) is 57.4. The number of hydrogen-bond acceptors (Lipinski definition) is 1. The maximum atomic E-state index is 14.2. The SMILES string of the molecule is C[S+](C)CC(=O)c1ccc(Cl)cc1.FC(F)(F)c1cc([B-](c2cc(C(F)(F)F)cc(C(F)(F)F)c2)(c2cc(C(F)(F)F)cc(C(F)(F)F)c2)c2cc(C(F)(F)F)cc(C(F)(F)F)c2)cc(C(F)(F)F)c1. The lowest BCUT2D eigenvalue weighted by atomic mass is 9.12. The van der Waals surface area contributed by atoms with Crippen LogP contribution in [0.4, 0.5) is 105 Å². The van der Waals surface area contributed by atoms with Gasteiger partial charge in [-0.05, 0) is 59.4 Å². The Hall–Kier alpha value is -5.21. The van der Waals surface area contributed by atoms with Gasteiger partial charge in [-0.1, -0.05) is 60.1 Å². The van der Waals surface area contributed by atoms with Crippen LogP contribution in [-0.4, -0.2) is 30.2 Å². The average molecular weight is 1080 g/mol. The van der Waals surface area contributed by atoms with E-state index in [-0.39, 0.29) is 16.7 Å². The van der Waals surface area contributed by atoms with Gasteiger partial charge in [-0.15, -0.1) is 0 Å². The van der Waals surface area contributed by atoms with Crippen LogP contribution in [0, 0.1) is 0 Å². The smallest absolute Gasteiger partial charge is 0.289 e. The van der Waals surface area contributed by atoms with Gasteiger partial charge in [0.15, 0.2) is 5.75 Å². The Morgan fingerprint density at radius 1 is 0.371 bits per heavy atom. The lowest BCUT2D eigenvalue weighted by molar-refractivity contribution is -0.144. The highest BCUT2D eigenvalue weighted by Crippen LogP contribution is 2.41. The number of hydrogen-bond donors (Lipinski definition) is 0. The van der Waals surface area contributed by atoms with E-state index in [0.717, 1.165) is 5.56 Å². The molecule has 0 atom stereocenters. The number of ketones is 1. The summed E-state index contributed by atoms with van der Waals surface area (Å²) in [6.45, 7) is 0. The fraction of sp³-hybridized carbons (Fsp3) is 0.262. The van der Waals surface area contributed by atoms with Crippen LogP contribution in [0.2, 0.25) is 5.02 Å². The normalized spacial score (nSPS) is 13.6. The molecule has 0 bridgehead atoms. The van der Waals surface area contributed by atoms with Crippen molar-refractivity contribution in [3.8, 4) is 0 Å². The third kappa shape index (κ3) is 13.6. The molecule has 28 heteroatoms. The Labute approximate surface area is 385 Å². The topological polar surface area (TPSA) is 17.1 Å². The largest absolute Gasteiger partial charge is 0.416 e. The maximum Gasteiger partial charge on any atom is 0.416 e. The number of benzene rings is 5. The average Bonchev–Trinajstić information content (AvgIpc) is 3.18. The van der Waals surface area contributed by atoms with Gasteiger partial charge in [0.05, 0.1) is 57.0 Å². The van der Waals surface area contributed by atoms with Crippen molar-refractivity contribution in [2.75, 3.05) is 18.3 Å². The van der Waals surface area contributed by atoms with E-state index >= 15 is 0 Å². The van der Waals surface area contributed by atoms with Crippen molar-refractivity contribution in [3.05, 3.63) is 152 Å². The summed E-state index contributed by atoms with van der Waals surface area (Å²) in [4.78, 5) is 11.5. The first-order chi connectivity index (χ1) is 31.4. The van der Waals surface area contributed by atoms with E-state index in [0.29, 0.717) is 10.8 Å². The second kappa shape index (κ2) is 19.4. The van der Waals surface area contributed by atoms with E-state index in [4.69, 9.17) is 11.6 Å². The zero-order valence-electron chi connectivity index (χ0n) is 34.3. The van der Waals surface area contributed by atoms with Crippen LogP contribution >= 0.6 is 11.6 Å². The van der Waals surface area contributed by atoms with Crippen molar-refractivity contribution >= 4 is 56.3 Å². The number of alkyl halides is 24. The Kier molecular flexibility index (Phi) is 15.9. The Morgan fingerprint density at radius 3 is 0.714 bits per heavy atom. The third-order valence-corrected chi connectivity index (χ3v) is 11.1. The van der Waals surface area contributed by atoms with Crippen LogP contribution in [0.5, 0.6) is 0 Å². The molecule has 0 spiro atoms. The standard InChI is InChI=1S/C32H12BF24.C10H12ClOS/c34-25(35,36)13-1-14(26(37,38)39)6-21(5-13)33(22-7-15(27(40,41)42)2-16(8-22)28(43,44)45,23-9-17(29(46,47)48)3-18(10-23)30(49,50)51)24-11-19(31(52,53)54)4-20(12-24)32(55,56)57;1-13(2)7-10(12)8-3-5-9(11)6-4-8/h1-12H;3-6H,7H2,1-2H3/q-1;+1. The molecule has 70 heavy (non-hydrogen) atoms. The zero-order valence-corrected chi connectivity index (χ0v) is 35.9. The summed E-state index contributed by atoms with van der Waals surface area (Å²) in [6.07, 6.45) is -50.7. The molecule has 382 valence electrons. The van der Waals surface area contributed by atoms with E-state index in [1.165, 1.54) is 0 Å². The molecule has 0 unspecified atom stereocenters. The lowest BCUT2D eigenvalue weighted by Gasteiger charge is -2.46. The van der Waals surface area contributed by atoms with E-state index < -0.39 is 195 Å². The molecule has 0 aliphatic carbocycles.